The number of thioether (sulfide) groups is 1. The van der Waals surface area contributed by atoms with Crippen LogP contribution in [0.15, 0.2) is 23.1 Å². The van der Waals surface area contributed by atoms with Crippen LogP contribution >= 0.6 is 11.8 Å². The summed E-state index contributed by atoms with van der Waals surface area (Å²) in [5.41, 5.74) is 6.90. The SMILES string of the molecule is CSCC(C)Nc1cccc(S(=O)(=O)N(C)C)c1N. The van der Waals surface area contributed by atoms with Gasteiger partial charge in [-0.25, -0.2) is 12.7 Å². The Morgan fingerprint density at radius 1 is 1.42 bits per heavy atom. The monoisotopic (exact) mass is 303 g/mol. The first-order valence-corrected chi connectivity index (χ1v) is 8.70. The third-order valence-corrected chi connectivity index (χ3v) is 5.35. The molecule has 5 nitrogen and oxygen atoms in total. The molecule has 19 heavy (non-hydrogen) atoms. The van der Waals surface area contributed by atoms with E-state index in [1.165, 1.54) is 20.2 Å². The molecule has 0 saturated carbocycles. The average Bonchev–Trinajstić information content (AvgIpc) is 2.31. The Balaban J connectivity index is 3.13. The van der Waals surface area contributed by atoms with E-state index in [4.69, 9.17) is 5.73 Å². The zero-order chi connectivity index (χ0) is 14.6. The van der Waals surface area contributed by atoms with Crippen molar-refractivity contribution in [1.29, 1.82) is 0 Å². The molecule has 1 unspecified atom stereocenters. The van der Waals surface area contributed by atoms with Crippen LogP contribution in [0.4, 0.5) is 11.4 Å². The van der Waals surface area contributed by atoms with Gasteiger partial charge in [0.05, 0.1) is 11.4 Å². The number of hydrogen-bond acceptors (Lipinski definition) is 5. The van der Waals surface area contributed by atoms with Crippen molar-refractivity contribution in [3.63, 3.8) is 0 Å². The molecule has 7 heteroatoms. The first-order valence-electron chi connectivity index (χ1n) is 5.87. The van der Waals surface area contributed by atoms with Crippen LogP contribution in [0, 0.1) is 0 Å². The third kappa shape index (κ3) is 3.77. The van der Waals surface area contributed by atoms with E-state index < -0.39 is 10.0 Å². The van der Waals surface area contributed by atoms with Crippen LogP contribution in [-0.4, -0.2) is 44.9 Å². The molecule has 0 fully saturated rings. The Labute approximate surface area is 119 Å². The highest BCUT2D eigenvalue weighted by Gasteiger charge is 2.21. The fourth-order valence-electron chi connectivity index (χ4n) is 1.65. The van der Waals surface area contributed by atoms with Crippen molar-refractivity contribution >= 4 is 33.2 Å². The van der Waals surface area contributed by atoms with E-state index in [9.17, 15) is 8.42 Å². The van der Waals surface area contributed by atoms with Crippen LogP contribution in [0.1, 0.15) is 6.92 Å². The second-order valence-electron chi connectivity index (χ2n) is 4.51. The lowest BCUT2D eigenvalue weighted by atomic mass is 10.2. The van der Waals surface area contributed by atoms with E-state index >= 15 is 0 Å². The topological polar surface area (TPSA) is 75.4 Å². The fourth-order valence-corrected chi connectivity index (χ4v) is 3.26. The van der Waals surface area contributed by atoms with Crippen LogP contribution in [0.3, 0.4) is 0 Å². The Morgan fingerprint density at radius 2 is 2.05 bits per heavy atom. The highest BCUT2D eigenvalue weighted by molar-refractivity contribution is 7.98. The second-order valence-corrected chi connectivity index (χ2v) is 7.54. The van der Waals surface area contributed by atoms with Gasteiger partial charge in [0.1, 0.15) is 4.90 Å². The number of nitrogens with zero attached hydrogens (tertiary/aromatic N) is 1. The third-order valence-electron chi connectivity index (χ3n) is 2.64. The predicted molar refractivity (Wildman–Crippen MR) is 83.2 cm³/mol. The van der Waals surface area contributed by atoms with Crippen molar-refractivity contribution in [3.8, 4) is 0 Å². The number of nitrogens with two attached hydrogens (primary N) is 1. The molecule has 3 N–H and O–H groups in total. The zero-order valence-corrected chi connectivity index (χ0v) is 13.3. The van der Waals surface area contributed by atoms with Crippen molar-refractivity contribution in [2.45, 2.75) is 17.9 Å². The summed E-state index contributed by atoms with van der Waals surface area (Å²) in [7, 11) is -0.532. The number of benzene rings is 1. The minimum atomic E-state index is -3.52. The van der Waals surface area contributed by atoms with Crippen molar-refractivity contribution in [3.05, 3.63) is 18.2 Å². The van der Waals surface area contributed by atoms with Crippen LogP contribution < -0.4 is 11.1 Å². The summed E-state index contributed by atoms with van der Waals surface area (Å²) in [5.74, 6) is 0.921. The minimum absolute atomic E-state index is 0.138. The number of rotatable bonds is 6. The van der Waals surface area contributed by atoms with Gasteiger partial charge in [0.2, 0.25) is 10.0 Å². The Hall–Kier alpha value is -0.920. The van der Waals surface area contributed by atoms with Crippen molar-refractivity contribution in [1.82, 2.24) is 4.31 Å². The van der Waals surface area contributed by atoms with Crippen molar-refractivity contribution < 1.29 is 8.42 Å². The Morgan fingerprint density at radius 3 is 2.58 bits per heavy atom. The largest absolute Gasteiger partial charge is 0.396 e. The van der Waals surface area contributed by atoms with Crippen LogP contribution in [0.25, 0.3) is 0 Å². The summed E-state index contributed by atoms with van der Waals surface area (Å²) in [4.78, 5) is 0.138. The molecule has 108 valence electrons. The smallest absolute Gasteiger partial charge is 0.244 e. The molecule has 0 heterocycles. The van der Waals surface area contributed by atoms with Crippen molar-refractivity contribution in [2.75, 3.05) is 37.2 Å². The Bertz CT molecular complexity index is 530. The molecule has 0 aliphatic carbocycles. The Kier molecular flexibility index (Phi) is 5.51. The number of nitrogen functional groups attached to an aromatic ring is 1. The van der Waals surface area contributed by atoms with Gasteiger partial charge in [-0.1, -0.05) is 6.07 Å². The second kappa shape index (κ2) is 6.49. The predicted octanol–water partition coefficient (Wildman–Crippen LogP) is 1.68. The molecule has 0 amide bonds. The van der Waals surface area contributed by atoms with Gasteiger partial charge in [-0.3, -0.25) is 0 Å². The summed E-state index contributed by atoms with van der Waals surface area (Å²) in [6.07, 6.45) is 2.02. The van der Waals surface area contributed by atoms with E-state index in [0.29, 0.717) is 5.69 Å². The lowest BCUT2D eigenvalue weighted by Crippen LogP contribution is -2.24. The van der Waals surface area contributed by atoms with Gasteiger partial charge >= 0.3 is 0 Å². The highest BCUT2D eigenvalue weighted by Crippen LogP contribution is 2.28. The number of anilines is 2. The minimum Gasteiger partial charge on any atom is -0.396 e. The van der Waals surface area contributed by atoms with Crippen molar-refractivity contribution in [2.24, 2.45) is 0 Å². The van der Waals surface area contributed by atoms with E-state index in [-0.39, 0.29) is 16.6 Å². The molecule has 0 radical (unpaired) electrons. The molecular weight excluding hydrogens is 282 g/mol. The maximum absolute atomic E-state index is 12.1. The van der Waals surface area contributed by atoms with Crippen LogP contribution in [-0.2, 0) is 10.0 Å². The zero-order valence-electron chi connectivity index (χ0n) is 11.7. The van der Waals surface area contributed by atoms with Gasteiger partial charge in [0.15, 0.2) is 0 Å². The number of sulfonamides is 1. The van der Waals surface area contributed by atoms with Gasteiger partial charge in [0, 0.05) is 25.9 Å². The van der Waals surface area contributed by atoms with Gasteiger partial charge in [0.25, 0.3) is 0 Å². The molecule has 0 aromatic heterocycles. The first-order chi connectivity index (χ1) is 8.80. The van der Waals surface area contributed by atoms with E-state index in [2.05, 4.69) is 5.32 Å². The fraction of sp³-hybridized carbons (Fsp3) is 0.500. The van der Waals surface area contributed by atoms with Gasteiger partial charge < -0.3 is 11.1 Å². The van der Waals surface area contributed by atoms with Gasteiger partial charge in [-0.05, 0) is 25.3 Å². The van der Waals surface area contributed by atoms with Gasteiger partial charge in [-0.2, -0.15) is 11.8 Å². The normalized spacial score (nSPS) is 13.5. The maximum atomic E-state index is 12.1. The molecule has 1 atom stereocenters. The molecule has 1 aromatic rings. The average molecular weight is 303 g/mol. The van der Waals surface area contributed by atoms with Crippen LogP contribution in [0.5, 0.6) is 0 Å². The highest BCUT2D eigenvalue weighted by atomic mass is 32.2. The molecule has 0 spiro atoms. The lowest BCUT2D eigenvalue weighted by molar-refractivity contribution is 0.521. The van der Waals surface area contributed by atoms with E-state index in [0.717, 1.165) is 10.1 Å². The lowest BCUT2D eigenvalue weighted by Gasteiger charge is -2.19. The molecule has 0 aliphatic rings. The summed E-state index contributed by atoms with van der Waals surface area (Å²) in [6, 6.07) is 5.23. The molecular formula is C12H21N3O2S2. The molecule has 0 bridgehead atoms. The number of hydrogen-bond donors (Lipinski definition) is 2. The first kappa shape index (κ1) is 16.1. The summed E-state index contributed by atoms with van der Waals surface area (Å²) in [6.45, 7) is 2.03. The molecule has 0 aliphatic heterocycles. The molecule has 1 aromatic carbocycles. The number of nitrogens with one attached hydrogen (secondary N) is 1. The quantitative estimate of drug-likeness (QED) is 0.782. The summed E-state index contributed by atoms with van der Waals surface area (Å²) < 4.78 is 25.4. The standard InChI is InChI=1S/C12H21N3O2S2/c1-9(8-18-4)14-10-6-5-7-11(12(10)13)19(16,17)15(2)3/h5-7,9,14H,8,13H2,1-4H3. The summed E-state index contributed by atoms with van der Waals surface area (Å²) >= 11 is 1.72. The van der Waals surface area contributed by atoms with E-state index in [1.807, 2.05) is 13.2 Å². The van der Waals surface area contributed by atoms with Gasteiger partial charge in [-0.15, -0.1) is 0 Å². The van der Waals surface area contributed by atoms with Crippen LogP contribution in [0.2, 0.25) is 0 Å². The van der Waals surface area contributed by atoms with E-state index in [1.54, 1.807) is 23.9 Å². The molecule has 0 saturated heterocycles. The maximum Gasteiger partial charge on any atom is 0.244 e. The number of para-hydroxylation sites is 1. The summed E-state index contributed by atoms with van der Waals surface area (Å²) in [5, 5.41) is 3.23. The molecule has 1 rings (SSSR count).